The zero-order chi connectivity index (χ0) is 14.5. The molecule has 0 heterocycles. The number of benzene rings is 2. The van der Waals surface area contributed by atoms with Crippen molar-refractivity contribution >= 4 is 23.2 Å². The van der Waals surface area contributed by atoms with Crippen LogP contribution in [0.3, 0.4) is 0 Å². The summed E-state index contributed by atoms with van der Waals surface area (Å²) in [6, 6.07) is 14.9. The van der Waals surface area contributed by atoms with Crippen LogP contribution in [0.2, 0.25) is 5.02 Å². The van der Waals surface area contributed by atoms with Crippen molar-refractivity contribution in [3.05, 3.63) is 70.2 Å². The van der Waals surface area contributed by atoms with Gasteiger partial charge in [0.05, 0.1) is 16.3 Å². The number of nitrogens with one attached hydrogen (secondary N) is 1. The van der Waals surface area contributed by atoms with Gasteiger partial charge in [0.1, 0.15) is 0 Å². The van der Waals surface area contributed by atoms with Crippen molar-refractivity contribution in [2.24, 2.45) is 5.10 Å². The number of amides is 1. The van der Waals surface area contributed by atoms with Gasteiger partial charge in [-0.15, -0.1) is 0 Å². The van der Waals surface area contributed by atoms with E-state index in [0.29, 0.717) is 10.6 Å². The second-order valence-corrected chi connectivity index (χ2v) is 4.89. The molecule has 3 nitrogen and oxygen atoms in total. The first kappa shape index (κ1) is 14.3. The monoisotopic (exact) mass is 286 g/mol. The number of nitrogens with zero attached hydrogens (tertiary/aromatic N) is 1. The second kappa shape index (κ2) is 6.35. The van der Waals surface area contributed by atoms with Crippen molar-refractivity contribution in [3.8, 4) is 0 Å². The molecule has 1 N–H and O–H groups in total. The lowest BCUT2D eigenvalue weighted by Gasteiger charge is -2.05. The molecule has 0 spiro atoms. The third-order valence-corrected chi connectivity index (χ3v) is 3.20. The van der Waals surface area contributed by atoms with E-state index < -0.39 is 0 Å². The number of rotatable bonds is 3. The van der Waals surface area contributed by atoms with Gasteiger partial charge in [0.15, 0.2) is 0 Å². The summed E-state index contributed by atoms with van der Waals surface area (Å²) in [6.45, 7) is 3.76. The molecule has 0 unspecified atom stereocenters. The average molecular weight is 287 g/mol. The van der Waals surface area contributed by atoms with E-state index in [0.717, 1.165) is 16.8 Å². The Kier molecular flexibility index (Phi) is 4.53. The van der Waals surface area contributed by atoms with Crippen LogP contribution in [0.5, 0.6) is 0 Å². The van der Waals surface area contributed by atoms with Gasteiger partial charge in [0, 0.05) is 0 Å². The Morgan fingerprint density at radius 2 is 1.85 bits per heavy atom. The van der Waals surface area contributed by atoms with Gasteiger partial charge in [0.2, 0.25) is 0 Å². The highest BCUT2D eigenvalue weighted by molar-refractivity contribution is 6.33. The predicted molar refractivity (Wildman–Crippen MR) is 82.3 cm³/mol. The van der Waals surface area contributed by atoms with Crippen LogP contribution in [0.1, 0.15) is 28.4 Å². The second-order valence-electron chi connectivity index (χ2n) is 4.49. The molecule has 102 valence electrons. The summed E-state index contributed by atoms with van der Waals surface area (Å²) in [4.78, 5) is 12.0. The fraction of sp³-hybridized carbons (Fsp3) is 0.125. The van der Waals surface area contributed by atoms with Crippen molar-refractivity contribution in [2.75, 3.05) is 0 Å². The van der Waals surface area contributed by atoms with Crippen LogP contribution in [-0.4, -0.2) is 11.6 Å². The minimum atomic E-state index is -0.315. The summed E-state index contributed by atoms with van der Waals surface area (Å²) < 4.78 is 0. The predicted octanol–water partition coefficient (Wildman–Crippen LogP) is 3.80. The number of hydrogen-bond donors (Lipinski definition) is 1. The van der Waals surface area contributed by atoms with E-state index in [-0.39, 0.29) is 5.91 Å². The van der Waals surface area contributed by atoms with Crippen LogP contribution in [0, 0.1) is 6.92 Å². The lowest BCUT2D eigenvalue weighted by Crippen LogP contribution is -2.19. The molecule has 2 aromatic carbocycles. The molecule has 4 heteroatoms. The fourth-order valence-electron chi connectivity index (χ4n) is 1.74. The van der Waals surface area contributed by atoms with Crippen molar-refractivity contribution in [3.63, 3.8) is 0 Å². The Hall–Kier alpha value is -2.13. The van der Waals surface area contributed by atoms with Gasteiger partial charge in [-0.1, -0.05) is 48.0 Å². The van der Waals surface area contributed by atoms with E-state index >= 15 is 0 Å². The first-order chi connectivity index (χ1) is 9.58. The summed E-state index contributed by atoms with van der Waals surface area (Å²) >= 11 is 6.05. The maximum absolute atomic E-state index is 12.0. The number of hydrazone groups is 1. The van der Waals surface area contributed by atoms with Crippen LogP contribution < -0.4 is 5.43 Å². The molecule has 0 bridgehead atoms. The van der Waals surface area contributed by atoms with Gasteiger partial charge in [-0.05, 0) is 37.1 Å². The maximum atomic E-state index is 12.0. The Bertz CT molecular complexity index is 651. The van der Waals surface area contributed by atoms with E-state index in [2.05, 4.69) is 10.5 Å². The topological polar surface area (TPSA) is 41.5 Å². The van der Waals surface area contributed by atoms with Crippen molar-refractivity contribution < 1.29 is 4.79 Å². The third-order valence-electron chi connectivity index (χ3n) is 2.89. The molecule has 0 aliphatic heterocycles. The lowest BCUT2D eigenvalue weighted by atomic mass is 10.1. The smallest absolute Gasteiger partial charge is 0.267 e. The molecule has 0 radical (unpaired) electrons. The zero-order valence-corrected chi connectivity index (χ0v) is 12.1. The molecule has 0 aliphatic rings. The summed E-state index contributed by atoms with van der Waals surface area (Å²) in [5, 5.41) is 4.52. The number of carbonyl (C=O) groups is 1. The van der Waals surface area contributed by atoms with Crippen LogP contribution in [0.15, 0.2) is 53.6 Å². The van der Waals surface area contributed by atoms with Crippen molar-refractivity contribution in [1.82, 2.24) is 5.43 Å². The standard InChI is InChI=1S/C16H15ClN2O/c1-11-8-9-14(15(17)10-11)16(20)19-18-12(2)13-6-4-3-5-7-13/h3-10H,1-2H3,(H,19,20)/b18-12+. The largest absolute Gasteiger partial charge is 0.272 e. The van der Waals surface area contributed by atoms with Crippen LogP contribution >= 0.6 is 11.6 Å². The normalized spacial score (nSPS) is 11.2. The number of aryl methyl sites for hydroxylation is 1. The number of carbonyl (C=O) groups excluding carboxylic acids is 1. The first-order valence-electron chi connectivity index (χ1n) is 6.24. The maximum Gasteiger partial charge on any atom is 0.272 e. The third kappa shape index (κ3) is 3.45. The van der Waals surface area contributed by atoms with Crippen LogP contribution in [-0.2, 0) is 0 Å². The summed E-state index contributed by atoms with van der Waals surface area (Å²) in [5.41, 5.74) is 5.65. The van der Waals surface area contributed by atoms with Gasteiger partial charge in [-0.3, -0.25) is 4.79 Å². The minimum Gasteiger partial charge on any atom is -0.267 e. The van der Waals surface area contributed by atoms with E-state index in [1.165, 1.54) is 0 Å². The van der Waals surface area contributed by atoms with Gasteiger partial charge in [-0.25, -0.2) is 5.43 Å². The minimum absolute atomic E-state index is 0.315. The molecule has 0 saturated heterocycles. The lowest BCUT2D eigenvalue weighted by molar-refractivity contribution is 0.0955. The van der Waals surface area contributed by atoms with E-state index in [9.17, 15) is 4.79 Å². The highest BCUT2D eigenvalue weighted by Gasteiger charge is 2.09. The molecule has 2 aromatic rings. The molecular formula is C16H15ClN2O. The molecule has 0 atom stereocenters. The van der Waals surface area contributed by atoms with Gasteiger partial charge < -0.3 is 0 Å². The Labute approximate surface area is 123 Å². The Morgan fingerprint density at radius 1 is 1.15 bits per heavy atom. The van der Waals surface area contributed by atoms with Crippen LogP contribution in [0.25, 0.3) is 0 Å². The number of hydrogen-bond acceptors (Lipinski definition) is 2. The summed E-state index contributed by atoms with van der Waals surface area (Å²) in [7, 11) is 0. The zero-order valence-electron chi connectivity index (χ0n) is 11.4. The molecule has 1 amide bonds. The molecule has 0 aliphatic carbocycles. The highest BCUT2D eigenvalue weighted by Crippen LogP contribution is 2.17. The molecule has 2 rings (SSSR count). The first-order valence-corrected chi connectivity index (χ1v) is 6.62. The van der Waals surface area contributed by atoms with Gasteiger partial charge in [-0.2, -0.15) is 5.10 Å². The van der Waals surface area contributed by atoms with Crippen LogP contribution in [0.4, 0.5) is 0 Å². The Morgan fingerprint density at radius 3 is 2.50 bits per heavy atom. The molecule has 20 heavy (non-hydrogen) atoms. The van der Waals surface area contributed by atoms with E-state index in [1.54, 1.807) is 12.1 Å². The van der Waals surface area contributed by atoms with Gasteiger partial charge in [0.25, 0.3) is 5.91 Å². The van der Waals surface area contributed by atoms with Crippen molar-refractivity contribution in [2.45, 2.75) is 13.8 Å². The van der Waals surface area contributed by atoms with E-state index in [4.69, 9.17) is 11.6 Å². The average Bonchev–Trinajstić information content (AvgIpc) is 2.45. The molecule has 0 saturated carbocycles. The van der Waals surface area contributed by atoms with E-state index in [1.807, 2.05) is 50.2 Å². The summed E-state index contributed by atoms with van der Waals surface area (Å²) in [6.07, 6.45) is 0. The highest BCUT2D eigenvalue weighted by atomic mass is 35.5. The molecule has 0 aromatic heterocycles. The quantitative estimate of drug-likeness (QED) is 0.677. The van der Waals surface area contributed by atoms with Gasteiger partial charge >= 0.3 is 0 Å². The summed E-state index contributed by atoms with van der Waals surface area (Å²) in [5.74, 6) is -0.315. The Balaban J connectivity index is 2.12. The number of halogens is 1. The van der Waals surface area contributed by atoms with Crippen molar-refractivity contribution in [1.29, 1.82) is 0 Å². The molecular weight excluding hydrogens is 272 g/mol. The fourth-order valence-corrected chi connectivity index (χ4v) is 2.06. The SMILES string of the molecule is C/C(=N\NC(=O)c1ccc(C)cc1Cl)c1ccccc1. The molecule has 0 fully saturated rings.